The van der Waals surface area contributed by atoms with Gasteiger partial charge in [-0.15, -0.1) is 11.3 Å². The normalized spacial score (nSPS) is 10.9. The molecular formula is C11H14BrN3S. The molecule has 0 aliphatic carbocycles. The van der Waals surface area contributed by atoms with Gasteiger partial charge in [-0.1, -0.05) is 22.9 Å². The van der Waals surface area contributed by atoms with E-state index in [-0.39, 0.29) is 0 Å². The molecule has 0 fully saturated rings. The van der Waals surface area contributed by atoms with E-state index in [4.69, 9.17) is 0 Å². The Morgan fingerprint density at radius 1 is 1.38 bits per heavy atom. The van der Waals surface area contributed by atoms with E-state index in [1.165, 1.54) is 4.70 Å². The number of hydrogen-bond donors (Lipinski definition) is 0. The molecule has 0 aliphatic heterocycles. The molecule has 2 rings (SSSR count). The van der Waals surface area contributed by atoms with Gasteiger partial charge in [0.05, 0.1) is 10.2 Å². The highest BCUT2D eigenvalue weighted by Crippen LogP contribution is 2.27. The van der Waals surface area contributed by atoms with Gasteiger partial charge in [-0.2, -0.15) is 0 Å². The first-order valence-corrected chi connectivity index (χ1v) is 7.36. The van der Waals surface area contributed by atoms with Crippen LogP contribution in [0.5, 0.6) is 0 Å². The molecule has 0 saturated heterocycles. The van der Waals surface area contributed by atoms with Crippen molar-refractivity contribution in [2.45, 2.75) is 13.3 Å². The lowest BCUT2D eigenvalue weighted by Gasteiger charge is -2.22. The fourth-order valence-electron chi connectivity index (χ4n) is 1.70. The summed E-state index contributed by atoms with van der Waals surface area (Å²) in [5, 5.41) is 3.03. The summed E-state index contributed by atoms with van der Waals surface area (Å²) >= 11 is 5.20. The van der Waals surface area contributed by atoms with Crippen molar-refractivity contribution in [3.05, 3.63) is 17.8 Å². The number of fused-ring (bicyclic) bond motifs is 1. The van der Waals surface area contributed by atoms with Crippen LogP contribution in [0, 0.1) is 0 Å². The average Bonchev–Trinajstić information content (AvgIpc) is 2.76. The van der Waals surface area contributed by atoms with Gasteiger partial charge in [0.15, 0.2) is 0 Å². The fourth-order valence-corrected chi connectivity index (χ4v) is 2.99. The predicted molar refractivity (Wildman–Crippen MR) is 73.7 cm³/mol. The van der Waals surface area contributed by atoms with E-state index in [9.17, 15) is 0 Å². The summed E-state index contributed by atoms with van der Waals surface area (Å²) in [6, 6.07) is 2.05. The highest BCUT2D eigenvalue weighted by atomic mass is 79.9. The number of halogens is 1. The lowest BCUT2D eigenvalue weighted by Crippen LogP contribution is -2.27. The van der Waals surface area contributed by atoms with Gasteiger partial charge in [-0.3, -0.25) is 0 Å². The van der Waals surface area contributed by atoms with E-state index >= 15 is 0 Å². The summed E-state index contributed by atoms with van der Waals surface area (Å²) in [6.07, 6.45) is 2.78. The number of hydrogen-bond acceptors (Lipinski definition) is 4. The van der Waals surface area contributed by atoms with Crippen LogP contribution in [0.3, 0.4) is 0 Å². The first kappa shape index (κ1) is 11.8. The minimum absolute atomic E-state index is 0.962. The minimum atomic E-state index is 0.962. The summed E-state index contributed by atoms with van der Waals surface area (Å²) in [6.45, 7) is 4.21. The van der Waals surface area contributed by atoms with E-state index < -0.39 is 0 Å². The Morgan fingerprint density at radius 2 is 2.25 bits per heavy atom. The van der Waals surface area contributed by atoms with Crippen LogP contribution in [0.1, 0.15) is 13.3 Å². The lowest BCUT2D eigenvalue weighted by atomic mass is 10.3. The molecule has 2 heterocycles. The van der Waals surface area contributed by atoms with Crippen molar-refractivity contribution in [2.75, 3.05) is 23.3 Å². The molecule has 0 aromatic carbocycles. The van der Waals surface area contributed by atoms with Gasteiger partial charge < -0.3 is 4.90 Å². The molecular weight excluding hydrogens is 286 g/mol. The Bertz CT molecular complexity index is 451. The maximum Gasteiger partial charge on any atom is 0.150 e. The Kier molecular flexibility index (Phi) is 4.12. The van der Waals surface area contributed by atoms with Crippen LogP contribution in [-0.2, 0) is 0 Å². The largest absolute Gasteiger partial charge is 0.355 e. The van der Waals surface area contributed by atoms with Crippen LogP contribution >= 0.6 is 27.3 Å². The van der Waals surface area contributed by atoms with E-state index in [0.717, 1.165) is 36.2 Å². The second-order valence-corrected chi connectivity index (χ2v) is 5.22. The molecule has 0 aliphatic rings. The Labute approximate surface area is 108 Å². The van der Waals surface area contributed by atoms with Gasteiger partial charge in [0, 0.05) is 18.4 Å². The molecule has 5 heteroatoms. The predicted octanol–water partition coefficient (Wildman–Crippen LogP) is 3.30. The quantitative estimate of drug-likeness (QED) is 0.793. The van der Waals surface area contributed by atoms with Gasteiger partial charge >= 0.3 is 0 Å². The van der Waals surface area contributed by atoms with Crippen LogP contribution in [0.15, 0.2) is 17.8 Å². The van der Waals surface area contributed by atoms with Gasteiger partial charge in [0.1, 0.15) is 12.1 Å². The molecule has 16 heavy (non-hydrogen) atoms. The summed E-state index contributed by atoms with van der Waals surface area (Å²) in [4.78, 5) is 11.0. The van der Waals surface area contributed by atoms with Crippen LogP contribution in [0.4, 0.5) is 5.82 Å². The van der Waals surface area contributed by atoms with Gasteiger partial charge in [0.2, 0.25) is 0 Å². The van der Waals surface area contributed by atoms with E-state index in [1.54, 1.807) is 17.7 Å². The highest BCUT2D eigenvalue weighted by Gasteiger charge is 2.11. The number of alkyl halides is 1. The number of rotatable bonds is 5. The summed E-state index contributed by atoms with van der Waals surface area (Å²) in [5.41, 5.74) is 1.05. The van der Waals surface area contributed by atoms with Crippen molar-refractivity contribution in [1.29, 1.82) is 0 Å². The molecule has 3 nitrogen and oxygen atoms in total. The SMILES string of the molecule is CCCN(CCBr)c1ncnc2ccsc12. The molecule has 0 bridgehead atoms. The molecule has 0 atom stereocenters. The number of anilines is 1. The number of thiophene rings is 1. The Balaban J connectivity index is 2.38. The van der Waals surface area contributed by atoms with Gasteiger partial charge in [0.25, 0.3) is 0 Å². The molecule has 0 unspecified atom stereocenters. The van der Waals surface area contributed by atoms with Crippen LogP contribution < -0.4 is 4.90 Å². The van der Waals surface area contributed by atoms with Crippen LogP contribution in [0.25, 0.3) is 10.2 Å². The van der Waals surface area contributed by atoms with Crippen LogP contribution in [0.2, 0.25) is 0 Å². The standard InChI is InChI=1S/C11H14BrN3S/c1-2-5-15(6-4-12)11-10-9(3-7-16-10)13-8-14-11/h3,7-8H,2,4-6H2,1H3. The summed E-state index contributed by atoms with van der Waals surface area (Å²) in [5.74, 6) is 1.07. The summed E-state index contributed by atoms with van der Waals surface area (Å²) < 4.78 is 1.19. The lowest BCUT2D eigenvalue weighted by molar-refractivity contribution is 0.787. The first-order chi connectivity index (χ1) is 7.86. The molecule has 86 valence electrons. The van der Waals surface area contributed by atoms with Crippen molar-refractivity contribution < 1.29 is 0 Å². The second kappa shape index (κ2) is 5.59. The summed E-state index contributed by atoms with van der Waals surface area (Å²) in [7, 11) is 0. The minimum Gasteiger partial charge on any atom is -0.355 e. The van der Waals surface area contributed by atoms with E-state index in [2.05, 4.69) is 43.1 Å². The molecule has 0 saturated carbocycles. The average molecular weight is 300 g/mol. The number of nitrogens with zero attached hydrogens (tertiary/aromatic N) is 3. The zero-order valence-electron chi connectivity index (χ0n) is 9.19. The van der Waals surface area contributed by atoms with Crippen molar-refractivity contribution in [3.63, 3.8) is 0 Å². The van der Waals surface area contributed by atoms with Crippen molar-refractivity contribution in [1.82, 2.24) is 9.97 Å². The van der Waals surface area contributed by atoms with E-state index in [0.29, 0.717) is 0 Å². The molecule has 2 aromatic heterocycles. The Hall–Kier alpha value is -0.680. The van der Waals surface area contributed by atoms with E-state index in [1.807, 2.05) is 6.07 Å². The van der Waals surface area contributed by atoms with Crippen molar-refractivity contribution in [3.8, 4) is 0 Å². The molecule has 0 N–H and O–H groups in total. The highest BCUT2D eigenvalue weighted by molar-refractivity contribution is 9.09. The Morgan fingerprint density at radius 3 is 3.00 bits per heavy atom. The third-order valence-electron chi connectivity index (χ3n) is 2.37. The topological polar surface area (TPSA) is 29.0 Å². The number of aromatic nitrogens is 2. The zero-order chi connectivity index (χ0) is 11.4. The first-order valence-electron chi connectivity index (χ1n) is 5.36. The maximum absolute atomic E-state index is 4.42. The van der Waals surface area contributed by atoms with Crippen molar-refractivity contribution >= 4 is 43.3 Å². The third kappa shape index (κ3) is 2.35. The molecule has 0 amide bonds. The smallest absolute Gasteiger partial charge is 0.150 e. The van der Waals surface area contributed by atoms with Gasteiger partial charge in [-0.05, 0) is 17.9 Å². The van der Waals surface area contributed by atoms with Crippen LogP contribution in [-0.4, -0.2) is 28.4 Å². The van der Waals surface area contributed by atoms with Gasteiger partial charge in [-0.25, -0.2) is 9.97 Å². The second-order valence-electron chi connectivity index (χ2n) is 3.51. The monoisotopic (exact) mass is 299 g/mol. The molecule has 2 aromatic rings. The molecule has 0 radical (unpaired) electrons. The zero-order valence-corrected chi connectivity index (χ0v) is 11.6. The van der Waals surface area contributed by atoms with Crippen molar-refractivity contribution in [2.24, 2.45) is 0 Å². The molecule has 0 spiro atoms. The maximum atomic E-state index is 4.42. The third-order valence-corrected chi connectivity index (χ3v) is 3.63. The fraction of sp³-hybridized carbons (Fsp3) is 0.455.